The lowest BCUT2D eigenvalue weighted by molar-refractivity contribution is 0.216. The van der Waals surface area contributed by atoms with Crippen molar-refractivity contribution in [3.8, 4) is 11.6 Å². The second-order valence-corrected chi connectivity index (χ2v) is 7.59. The summed E-state index contributed by atoms with van der Waals surface area (Å²) in [4.78, 5) is 11.7. The first-order valence-electron chi connectivity index (χ1n) is 7.51. The van der Waals surface area contributed by atoms with Gasteiger partial charge in [0, 0.05) is 31.5 Å². The molecule has 1 aliphatic heterocycles. The fraction of sp³-hybridized carbons (Fsp3) is 0.200. The Morgan fingerprint density at radius 2 is 1.69 bits per heavy atom. The molecule has 134 valence electrons. The molecule has 2 aromatic heterocycles. The van der Waals surface area contributed by atoms with Crippen LogP contribution in [0.4, 0.5) is 8.78 Å². The minimum Gasteiger partial charge on any atom is -0.338 e. The molecule has 4 rings (SSSR count). The molecular formula is C15H11F2N5O3S. The lowest BCUT2D eigenvalue weighted by Crippen LogP contribution is -2.48. The van der Waals surface area contributed by atoms with Gasteiger partial charge in [-0.1, -0.05) is 5.16 Å². The van der Waals surface area contributed by atoms with Crippen molar-refractivity contribution in [3.63, 3.8) is 0 Å². The Hall–Kier alpha value is -2.79. The van der Waals surface area contributed by atoms with Gasteiger partial charge in [-0.15, -0.1) is 0 Å². The summed E-state index contributed by atoms with van der Waals surface area (Å²) in [5.41, 5.74) is 0. The van der Waals surface area contributed by atoms with Gasteiger partial charge in [-0.05, 0) is 18.2 Å². The number of rotatable bonds is 4. The molecule has 0 bridgehead atoms. The zero-order chi connectivity index (χ0) is 18.3. The molecule has 11 heteroatoms. The van der Waals surface area contributed by atoms with Crippen molar-refractivity contribution >= 4 is 10.0 Å². The smallest absolute Gasteiger partial charge is 0.243 e. The molecule has 0 spiro atoms. The van der Waals surface area contributed by atoms with Crippen LogP contribution in [0.1, 0.15) is 11.8 Å². The van der Waals surface area contributed by atoms with E-state index in [0.29, 0.717) is 11.9 Å². The zero-order valence-electron chi connectivity index (χ0n) is 13.1. The van der Waals surface area contributed by atoms with Gasteiger partial charge >= 0.3 is 0 Å². The van der Waals surface area contributed by atoms with Crippen molar-refractivity contribution in [3.05, 3.63) is 54.2 Å². The van der Waals surface area contributed by atoms with Crippen molar-refractivity contribution in [2.24, 2.45) is 0 Å². The Bertz CT molecular complexity index is 1030. The quantitative estimate of drug-likeness (QED) is 0.678. The predicted octanol–water partition coefficient (Wildman–Crippen LogP) is 1.59. The first kappa shape index (κ1) is 16.7. The van der Waals surface area contributed by atoms with Crippen molar-refractivity contribution in [2.45, 2.75) is 10.8 Å². The van der Waals surface area contributed by atoms with Gasteiger partial charge in [0.05, 0.1) is 10.8 Å². The molecule has 0 unspecified atom stereocenters. The van der Waals surface area contributed by atoms with Gasteiger partial charge < -0.3 is 4.52 Å². The second kappa shape index (κ2) is 6.18. The molecule has 1 saturated heterocycles. The van der Waals surface area contributed by atoms with Crippen LogP contribution in [0.15, 0.2) is 46.1 Å². The molecule has 26 heavy (non-hydrogen) atoms. The number of nitrogens with zero attached hydrogens (tertiary/aromatic N) is 5. The third-order valence-corrected chi connectivity index (χ3v) is 5.69. The molecule has 8 nitrogen and oxygen atoms in total. The largest absolute Gasteiger partial charge is 0.338 e. The van der Waals surface area contributed by atoms with Gasteiger partial charge in [0.2, 0.25) is 27.6 Å². The van der Waals surface area contributed by atoms with Crippen LogP contribution in [0.3, 0.4) is 0 Å². The number of hydrogen-bond donors (Lipinski definition) is 0. The molecule has 1 aliphatic rings. The van der Waals surface area contributed by atoms with E-state index in [0.717, 1.165) is 16.4 Å². The van der Waals surface area contributed by atoms with Gasteiger partial charge in [-0.2, -0.15) is 9.29 Å². The van der Waals surface area contributed by atoms with Crippen LogP contribution in [0.5, 0.6) is 0 Å². The van der Waals surface area contributed by atoms with E-state index in [4.69, 9.17) is 4.52 Å². The molecule has 3 heterocycles. The lowest BCUT2D eigenvalue weighted by Gasteiger charge is -2.35. The second-order valence-electron chi connectivity index (χ2n) is 5.65. The average Bonchev–Trinajstić information content (AvgIpc) is 3.03. The maximum atomic E-state index is 13.3. The van der Waals surface area contributed by atoms with Crippen LogP contribution in [0, 0.1) is 11.6 Å². The van der Waals surface area contributed by atoms with E-state index in [9.17, 15) is 17.2 Å². The molecule has 0 saturated carbocycles. The number of hydrogen-bond acceptors (Lipinski definition) is 7. The van der Waals surface area contributed by atoms with Crippen LogP contribution in [-0.4, -0.2) is 45.9 Å². The molecule has 0 N–H and O–H groups in total. The number of benzene rings is 1. The van der Waals surface area contributed by atoms with Gasteiger partial charge in [0.25, 0.3) is 0 Å². The van der Waals surface area contributed by atoms with Crippen molar-refractivity contribution in [2.75, 3.05) is 13.1 Å². The standard InChI is InChI=1S/C15H11F2N5O3S/c16-10-4-11(17)6-12(5-10)26(23,24)22-7-9(8-22)15-20-14(21-25-15)13-18-2-1-3-19-13/h1-6,9H,7-8H2. The first-order chi connectivity index (χ1) is 12.4. The highest BCUT2D eigenvalue weighted by Crippen LogP contribution is 2.32. The molecular weight excluding hydrogens is 368 g/mol. The number of aromatic nitrogens is 4. The summed E-state index contributed by atoms with van der Waals surface area (Å²) in [7, 11) is -3.99. The van der Waals surface area contributed by atoms with E-state index in [2.05, 4.69) is 20.1 Å². The van der Waals surface area contributed by atoms with Crippen LogP contribution >= 0.6 is 0 Å². The Balaban J connectivity index is 1.49. The lowest BCUT2D eigenvalue weighted by atomic mass is 10.0. The summed E-state index contributed by atoms with van der Waals surface area (Å²) >= 11 is 0. The van der Waals surface area contributed by atoms with E-state index in [1.165, 1.54) is 12.4 Å². The average molecular weight is 379 g/mol. The maximum absolute atomic E-state index is 13.3. The number of halogens is 2. The summed E-state index contributed by atoms with van der Waals surface area (Å²) < 4.78 is 57.7. The SMILES string of the molecule is O=S(=O)(c1cc(F)cc(F)c1)N1CC(c2nc(-c3ncccn3)no2)C1. The van der Waals surface area contributed by atoms with Crippen molar-refractivity contribution in [1.82, 2.24) is 24.4 Å². The van der Waals surface area contributed by atoms with E-state index in [1.54, 1.807) is 6.07 Å². The summed E-state index contributed by atoms with van der Waals surface area (Å²) in [5.74, 6) is -1.47. The zero-order valence-corrected chi connectivity index (χ0v) is 13.9. The summed E-state index contributed by atoms with van der Waals surface area (Å²) in [6.07, 6.45) is 3.07. The van der Waals surface area contributed by atoms with Crippen LogP contribution in [-0.2, 0) is 10.0 Å². The highest BCUT2D eigenvalue weighted by atomic mass is 32.2. The van der Waals surface area contributed by atoms with E-state index in [-0.39, 0.29) is 30.7 Å². The van der Waals surface area contributed by atoms with E-state index in [1.807, 2.05) is 0 Å². The molecule has 3 aromatic rings. The molecule has 0 radical (unpaired) electrons. The third kappa shape index (κ3) is 2.95. The predicted molar refractivity (Wildman–Crippen MR) is 83.2 cm³/mol. The van der Waals surface area contributed by atoms with Crippen LogP contribution < -0.4 is 0 Å². The first-order valence-corrected chi connectivity index (χ1v) is 8.95. The Morgan fingerprint density at radius 1 is 1.04 bits per heavy atom. The van der Waals surface area contributed by atoms with E-state index >= 15 is 0 Å². The van der Waals surface area contributed by atoms with Gasteiger partial charge in [0.1, 0.15) is 11.6 Å². The fourth-order valence-corrected chi connectivity index (χ4v) is 4.10. The Kier molecular flexibility index (Phi) is 3.96. The van der Waals surface area contributed by atoms with Gasteiger partial charge in [0.15, 0.2) is 0 Å². The van der Waals surface area contributed by atoms with Gasteiger partial charge in [-0.25, -0.2) is 27.2 Å². The summed E-state index contributed by atoms with van der Waals surface area (Å²) in [5, 5.41) is 3.78. The molecule has 0 atom stereocenters. The molecule has 1 aromatic carbocycles. The third-order valence-electron chi connectivity index (χ3n) is 3.88. The maximum Gasteiger partial charge on any atom is 0.243 e. The normalized spacial score (nSPS) is 15.8. The highest BCUT2D eigenvalue weighted by molar-refractivity contribution is 7.89. The highest BCUT2D eigenvalue weighted by Gasteiger charge is 2.40. The minimum atomic E-state index is -3.99. The minimum absolute atomic E-state index is 0.0672. The Morgan fingerprint density at radius 3 is 2.35 bits per heavy atom. The van der Waals surface area contributed by atoms with Gasteiger partial charge in [-0.3, -0.25) is 0 Å². The fourth-order valence-electron chi connectivity index (χ4n) is 2.52. The monoisotopic (exact) mass is 379 g/mol. The van der Waals surface area contributed by atoms with Crippen LogP contribution in [0.25, 0.3) is 11.6 Å². The molecule has 0 amide bonds. The van der Waals surface area contributed by atoms with Crippen molar-refractivity contribution < 1.29 is 21.7 Å². The summed E-state index contributed by atoms with van der Waals surface area (Å²) in [6.45, 7) is 0.134. The topological polar surface area (TPSA) is 102 Å². The van der Waals surface area contributed by atoms with Crippen LogP contribution in [0.2, 0.25) is 0 Å². The molecule has 1 fully saturated rings. The van der Waals surface area contributed by atoms with E-state index < -0.39 is 26.6 Å². The van der Waals surface area contributed by atoms with Crippen molar-refractivity contribution in [1.29, 1.82) is 0 Å². The number of sulfonamides is 1. The molecule has 0 aliphatic carbocycles. The Labute approximate surface area is 146 Å². The summed E-state index contributed by atoms with van der Waals surface area (Å²) in [6, 6.07) is 3.82.